The van der Waals surface area contributed by atoms with E-state index in [9.17, 15) is 15.0 Å². The molecule has 4 nitrogen and oxygen atoms in total. The van der Waals surface area contributed by atoms with Gasteiger partial charge in [-0.15, -0.1) is 0 Å². The Bertz CT molecular complexity index is 931. The zero-order chi connectivity index (χ0) is 14.6. The molecule has 0 amide bonds. The van der Waals surface area contributed by atoms with E-state index in [2.05, 4.69) is 0 Å². The Morgan fingerprint density at radius 1 is 1.06 bits per heavy atom. The SMILES string of the molecule is [2H]c1c(O)c([2H])c2c(=O)oc3cc(O)ccc3c2c1[2H]. The molecule has 2 N–H and O–H groups in total. The number of hydrogen-bond donors (Lipinski definition) is 2. The summed E-state index contributed by atoms with van der Waals surface area (Å²) in [5.74, 6) is -0.838. The van der Waals surface area contributed by atoms with Crippen molar-refractivity contribution in [3.8, 4) is 11.5 Å². The van der Waals surface area contributed by atoms with Gasteiger partial charge in [0.2, 0.25) is 0 Å². The van der Waals surface area contributed by atoms with Gasteiger partial charge in [0, 0.05) is 16.8 Å². The third kappa shape index (κ3) is 1.42. The van der Waals surface area contributed by atoms with Crippen molar-refractivity contribution < 1.29 is 18.7 Å². The molecule has 0 atom stereocenters. The minimum atomic E-state index is -0.896. The number of fused-ring (bicyclic) bond motifs is 3. The lowest BCUT2D eigenvalue weighted by Crippen LogP contribution is -1.99. The number of aromatic hydroxyl groups is 2. The van der Waals surface area contributed by atoms with E-state index in [0.717, 1.165) is 0 Å². The second kappa shape index (κ2) is 3.25. The quantitative estimate of drug-likeness (QED) is 0.460. The largest absolute Gasteiger partial charge is 0.508 e. The number of phenols is 2. The Balaban J connectivity index is 2.73. The smallest absolute Gasteiger partial charge is 0.344 e. The van der Waals surface area contributed by atoms with Gasteiger partial charge in [-0.25, -0.2) is 4.79 Å². The molecule has 0 bridgehead atoms. The van der Waals surface area contributed by atoms with Gasteiger partial charge in [-0.3, -0.25) is 0 Å². The van der Waals surface area contributed by atoms with E-state index in [0.29, 0.717) is 5.39 Å². The van der Waals surface area contributed by atoms with Crippen molar-refractivity contribution in [1.29, 1.82) is 0 Å². The Labute approximate surface area is 99.6 Å². The predicted octanol–water partition coefficient (Wildman–Crippen LogP) is 2.36. The van der Waals surface area contributed by atoms with E-state index in [4.69, 9.17) is 8.53 Å². The summed E-state index contributed by atoms with van der Waals surface area (Å²) in [7, 11) is 0. The zero-order valence-electron chi connectivity index (χ0n) is 11.4. The number of phenolic OH excluding ortho intramolecular Hbond substituents is 2. The molecule has 0 aliphatic carbocycles. The van der Waals surface area contributed by atoms with E-state index in [1.54, 1.807) is 0 Å². The summed E-state index contributed by atoms with van der Waals surface area (Å²) in [6.07, 6.45) is 0. The molecule has 0 saturated heterocycles. The van der Waals surface area contributed by atoms with Crippen molar-refractivity contribution in [2.45, 2.75) is 0 Å². The fourth-order valence-corrected chi connectivity index (χ4v) is 1.70. The summed E-state index contributed by atoms with van der Waals surface area (Å²) < 4.78 is 28.2. The lowest BCUT2D eigenvalue weighted by Gasteiger charge is -2.03. The molecular weight excluding hydrogens is 220 g/mol. The van der Waals surface area contributed by atoms with E-state index >= 15 is 0 Å². The average Bonchev–Trinajstić information content (AvgIpc) is 2.41. The molecule has 84 valence electrons. The second-order valence-corrected chi connectivity index (χ2v) is 3.54. The average molecular weight is 231 g/mol. The van der Waals surface area contributed by atoms with Crippen LogP contribution in [0.25, 0.3) is 21.7 Å². The minimum Gasteiger partial charge on any atom is -0.508 e. The maximum atomic E-state index is 11.9. The van der Waals surface area contributed by atoms with Crippen LogP contribution in [0, 0.1) is 0 Å². The van der Waals surface area contributed by atoms with E-state index in [1.165, 1.54) is 18.2 Å². The van der Waals surface area contributed by atoms with Crippen molar-refractivity contribution in [2.24, 2.45) is 0 Å². The standard InChI is InChI=1S/C13H8O4/c14-7-1-3-9-10-4-2-8(15)6-12(10)17-13(16)11(9)5-7/h1-6,14-15H/i1D,3D,5D. The highest BCUT2D eigenvalue weighted by Gasteiger charge is 2.08. The topological polar surface area (TPSA) is 70.7 Å². The van der Waals surface area contributed by atoms with Crippen molar-refractivity contribution in [3.05, 3.63) is 46.7 Å². The molecule has 0 saturated carbocycles. The molecule has 0 unspecified atom stereocenters. The Morgan fingerprint density at radius 3 is 2.71 bits per heavy atom. The molecule has 1 heterocycles. The maximum Gasteiger partial charge on any atom is 0.344 e. The molecule has 2 aromatic carbocycles. The van der Waals surface area contributed by atoms with Gasteiger partial charge >= 0.3 is 5.63 Å². The van der Waals surface area contributed by atoms with E-state index in [-0.39, 0.29) is 28.1 Å². The van der Waals surface area contributed by atoms with Crippen LogP contribution < -0.4 is 5.63 Å². The lowest BCUT2D eigenvalue weighted by molar-refractivity contribution is 0.472. The Hall–Kier alpha value is -2.49. The molecule has 0 aliphatic heterocycles. The third-order valence-corrected chi connectivity index (χ3v) is 2.44. The monoisotopic (exact) mass is 231 g/mol. The van der Waals surface area contributed by atoms with Crippen molar-refractivity contribution >= 4 is 21.7 Å². The van der Waals surface area contributed by atoms with Gasteiger partial charge in [0.1, 0.15) is 17.1 Å². The van der Waals surface area contributed by atoms with Crippen LogP contribution in [0.3, 0.4) is 0 Å². The first-order chi connectivity index (χ1) is 9.41. The molecule has 1 aromatic heterocycles. The molecule has 4 heteroatoms. The number of rotatable bonds is 0. The van der Waals surface area contributed by atoms with Crippen LogP contribution in [-0.2, 0) is 0 Å². The summed E-state index contributed by atoms with van der Waals surface area (Å²) in [5, 5.41) is 19.1. The molecule has 3 aromatic rings. The maximum absolute atomic E-state index is 11.9. The van der Waals surface area contributed by atoms with E-state index in [1.807, 2.05) is 0 Å². The molecular formula is C13H8O4. The zero-order valence-corrected chi connectivity index (χ0v) is 8.44. The summed E-state index contributed by atoms with van der Waals surface area (Å²) in [6.45, 7) is 0. The van der Waals surface area contributed by atoms with E-state index < -0.39 is 23.5 Å². The van der Waals surface area contributed by atoms with Crippen molar-refractivity contribution in [3.63, 3.8) is 0 Å². The normalized spacial score (nSPS) is 13.5. The van der Waals surface area contributed by atoms with Gasteiger partial charge < -0.3 is 14.6 Å². The summed E-state index contributed by atoms with van der Waals surface area (Å²) in [4.78, 5) is 11.9. The third-order valence-electron chi connectivity index (χ3n) is 2.44. The predicted molar refractivity (Wildman–Crippen MR) is 63.3 cm³/mol. The Kier molecular flexibility index (Phi) is 1.33. The fourth-order valence-electron chi connectivity index (χ4n) is 1.70. The van der Waals surface area contributed by atoms with Crippen LogP contribution in [-0.4, -0.2) is 10.2 Å². The van der Waals surface area contributed by atoms with Gasteiger partial charge in [0.15, 0.2) is 0 Å². The van der Waals surface area contributed by atoms with Gasteiger partial charge in [-0.1, -0.05) is 0 Å². The summed E-state index contributed by atoms with van der Waals surface area (Å²) in [6, 6.07) is 2.57. The van der Waals surface area contributed by atoms with Crippen molar-refractivity contribution in [2.75, 3.05) is 0 Å². The molecule has 0 spiro atoms. The highest BCUT2D eigenvalue weighted by atomic mass is 16.4. The first kappa shape index (κ1) is 6.96. The number of hydrogen-bond acceptors (Lipinski definition) is 4. The second-order valence-electron chi connectivity index (χ2n) is 3.54. The first-order valence-electron chi connectivity index (χ1n) is 6.30. The summed E-state index contributed by atoms with van der Waals surface area (Å²) >= 11 is 0. The molecule has 0 radical (unpaired) electrons. The van der Waals surface area contributed by atoms with Gasteiger partial charge in [-0.05, 0) is 30.3 Å². The molecule has 0 fully saturated rings. The van der Waals surface area contributed by atoms with Crippen LogP contribution in [0.4, 0.5) is 0 Å². The van der Waals surface area contributed by atoms with Crippen LogP contribution in [0.15, 0.2) is 45.5 Å². The Morgan fingerprint density at radius 2 is 1.88 bits per heavy atom. The van der Waals surface area contributed by atoms with Crippen LogP contribution in [0.5, 0.6) is 11.5 Å². The fraction of sp³-hybridized carbons (Fsp3) is 0. The molecule has 3 rings (SSSR count). The molecule has 0 aliphatic rings. The van der Waals surface area contributed by atoms with Crippen LogP contribution in [0.1, 0.15) is 4.11 Å². The van der Waals surface area contributed by atoms with Gasteiger partial charge in [0.05, 0.1) is 9.50 Å². The van der Waals surface area contributed by atoms with Crippen molar-refractivity contribution in [1.82, 2.24) is 0 Å². The van der Waals surface area contributed by atoms with Gasteiger partial charge in [-0.2, -0.15) is 0 Å². The lowest BCUT2D eigenvalue weighted by atomic mass is 10.1. The highest BCUT2D eigenvalue weighted by Crippen LogP contribution is 2.27. The number of benzene rings is 2. The molecule has 17 heavy (non-hydrogen) atoms. The summed E-state index contributed by atoms with van der Waals surface area (Å²) in [5.41, 5.74) is -0.840. The first-order valence-corrected chi connectivity index (χ1v) is 4.80. The van der Waals surface area contributed by atoms with Crippen LogP contribution >= 0.6 is 0 Å². The highest BCUT2D eigenvalue weighted by molar-refractivity contribution is 6.04. The van der Waals surface area contributed by atoms with Gasteiger partial charge in [0.25, 0.3) is 0 Å². The minimum absolute atomic E-state index is 0.0560. The van der Waals surface area contributed by atoms with Crippen LogP contribution in [0.2, 0.25) is 0 Å².